The van der Waals surface area contributed by atoms with E-state index in [0.717, 1.165) is 6.42 Å². The van der Waals surface area contributed by atoms with Gasteiger partial charge >= 0.3 is 6.03 Å². The number of nitrogens with one attached hydrogen (secondary N) is 2. The fourth-order valence-corrected chi connectivity index (χ4v) is 1.06. The van der Waals surface area contributed by atoms with Crippen molar-refractivity contribution in [1.29, 1.82) is 0 Å². The number of hydroxylamine groups is 1. The maximum Gasteiger partial charge on any atom is 0.339 e. The van der Waals surface area contributed by atoms with Gasteiger partial charge in [-0.3, -0.25) is 4.84 Å². The van der Waals surface area contributed by atoms with Crippen molar-refractivity contribution in [3.63, 3.8) is 0 Å². The molecule has 0 aromatic rings. The second-order valence-corrected chi connectivity index (χ2v) is 4.35. The molecule has 0 aromatic carbocycles. The fourth-order valence-electron chi connectivity index (χ4n) is 1.06. The van der Waals surface area contributed by atoms with E-state index in [4.69, 9.17) is 9.57 Å². The van der Waals surface area contributed by atoms with E-state index >= 15 is 0 Å². The summed E-state index contributed by atoms with van der Waals surface area (Å²) in [6.45, 7) is 6.90. The Morgan fingerprint density at radius 3 is 2.71 bits per heavy atom. The highest BCUT2D eigenvalue weighted by Gasteiger charge is 2.19. The Kier molecular flexibility index (Phi) is 3.71. The molecule has 1 atom stereocenters. The lowest BCUT2D eigenvalue weighted by Gasteiger charge is -2.20. The zero-order valence-corrected chi connectivity index (χ0v) is 8.92. The Labute approximate surface area is 84.1 Å². The Bertz CT molecular complexity index is 195. The van der Waals surface area contributed by atoms with Gasteiger partial charge in [0.25, 0.3) is 0 Å². The van der Waals surface area contributed by atoms with Gasteiger partial charge in [-0.2, -0.15) is 0 Å². The zero-order valence-electron chi connectivity index (χ0n) is 8.92. The van der Waals surface area contributed by atoms with Crippen molar-refractivity contribution in [2.24, 2.45) is 0 Å². The lowest BCUT2D eigenvalue weighted by atomic mass is 10.2. The van der Waals surface area contributed by atoms with Gasteiger partial charge in [0.05, 0.1) is 18.2 Å². The summed E-state index contributed by atoms with van der Waals surface area (Å²) in [5.74, 6) is 0. The van der Waals surface area contributed by atoms with Crippen LogP contribution in [0.5, 0.6) is 0 Å². The standard InChI is InChI=1S/C9H18N2O3/c1-9(2,3)14-11-8(12)10-7-4-5-13-6-7/h7H,4-6H2,1-3H3,(H2,10,11,12). The first-order chi connectivity index (χ1) is 6.47. The Morgan fingerprint density at radius 2 is 2.21 bits per heavy atom. The molecule has 0 saturated carbocycles. The average Bonchev–Trinajstić information content (AvgIpc) is 2.52. The molecule has 14 heavy (non-hydrogen) atoms. The predicted octanol–water partition coefficient (Wildman–Crippen LogP) is 0.805. The predicted molar refractivity (Wildman–Crippen MR) is 51.7 cm³/mol. The molecule has 1 rings (SSSR count). The molecule has 1 unspecified atom stereocenters. The van der Waals surface area contributed by atoms with E-state index in [9.17, 15) is 4.79 Å². The van der Waals surface area contributed by atoms with Crippen molar-refractivity contribution in [2.45, 2.75) is 38.8 Å². The Morgan fingerprint density at radius 1 is 1.50 bits per heavy atom. The molecule has 5 heteroatoms. The second-order valence-electron chi connectivity index (χ2n) is 4.35. The molecule has 1 aliphatic heterocycles. The van der Waals surface area contributed by atoms with Crippen molar-refractivity contribution < 1.29 is 14.4 Å². The average molecular weight is 202 g/mol. The number of rotatable bonds is 2. The minimum atomic E-state index is -0.372. The molecule has 0 bridgehead atoms. The summed E-state index contributed by atoms with van der Waals surface area (Å²) < 4.78 is 5.12. The van der Waals surface area contributed by atoms with Gasteiger partial charge in [0.2, 0.25) is 0 Å². The van der Waals surface area contributed by atoms with Crippen molar-refractivity contribution in [3.05, 3.63) is 0 Å². The molecule has 0 radical (unpaired) electrons. The van der Waals surface area contributed by atoms with Gasteiger partial charge in [0, 0.05) is 6.61 Å². The van der Waals surface area contributed by atoms with Crippen LogP contribution in [0, 0.1) is 0 Å². The number of amides is 2. The number of carbonyl (C=O) groups excluding carboxylic acids is 1. The number of urea groups is 1. The molecule has 0 spiro atoms. The van der Waals surface area contributed by atoms with Crippen LogP contribution in [0.3, 0.4) is 0 Å². The quantitative estimate of drug-likeness (QED) is 0.651. The van der Waals surface area contributed by atoms with Crippen LogP contribution in [-0.2, 0) is 9.57 Å². The molecule has 0 aliphatic carbocycles. The molecule has 2 amide bonds. The van der Waals surface area contributed by atoms with Crippen molar-refractivity contribution >= 4 is 6.03 Å². The van der Waals surface area contributed by atoms with Crippen molar-refractivity contribution in [1.82, 2.24) is 10.8 Å². The summed E-state index contributed by atoms with van der Waals surface area (Å²) >= 11 is 0. The lowest BCUT2D eigenvalue weighted by Crippen LogP contribution is -2.44. The number of hydrogen-bond donors (Lipinski definition) is 2. The maximum absolute atomic E-state index is 11.2. The summed E-state index contributed by atoms with van der Waals surface area (Å²) in [7, 11) is 0. The molecule has 1 heterocycles. The molecule has 1 saturated heterocycles. The summed E-state index contributed by atoms with van der Waals surface area (Å²) in [4.78, 5) is 16.3. The molecular formula is C9H18N2O3. The second kappa shape index (κ2) is 4.61. The first-order valence-corrected chi connectivity index (χ1v) is 4.79. The van der Waals surface area contributed by atoms with Crippen LogP contribution in [0.1, 0.15) is 27.2 Å². The van der Waals surface area contributed by atoms with E-state index in [1.807, 2.05) is 20.8 Å². The summed E-state index contributed by atoms with van der Waals surface area (Å²) in [5.41, 5.74) is 1.97. The third-order valence-electron chi connectivity index (χ3n) is 1.71. The highest BCUT2D eigenvalue weighted by Crippen LogP contribution is 2.05. The molecule has 2 N–H and O–H groups in total. The molecule has 82 valence electrons. The molecule has 0 aromatic heterocycles. The monoisotopic (exact) mass is 202 g/mol. The van der Waals surface area contributed by atoms with Gasteiger partial charge < -0.3 is 10.1 Å². The smallest absolute Gasteiger partial charge is 0.339 e. The van der Waals surface area contributed by atoms with E-state index in [-0.39, 0.29) is 17.7 Å². The van der Waals surface area contributed by atoms with Crippen LogP contribution < -0.4 is 10.8 Å². The number of carbonyl (C=O) groups is 1. The first kappa shape index (κ1) is 11.3. The van der Waals surface area contributed by atoms with Crippen LogP contribution in [0.25, 0.3) is 0 Å². The van der Waals surface area contributed by atoms with Crippen LogP contribution in [-0.4, -0.2) is 30.9 Å². The molecular weight excluding hydrogens is 184 g/mol. The lowest BCUT2D eigenvalue weighted by molar-refractivity contribution is -0.0532. The Balaban J connectivity index is 2.15. The summed E-state index contributed by atoms with van der Waals surface area (Å²) in [6.07, 6.45) is 0.864. The summed E-state index contributed by atoms with van der Waals surface area (Å²) in [6, 6.07) is -0.200. The third kappa shape index (κ3) is 4.43. The minimum absolute atomic E-state index is 0.110. The molecule has 1 aliphatic rings. The SMILES string of the molecule is CC(C)(C)ONC(=O)NC1CCOC1. The Hall–Kier alpha value is -0.810. The van der Waals surface area contributed by atoms with Gasteiger partial charge in [-0.1, -0.05) is 0 Å². The van der Waals surface area contributed by atoms with Gasteiger partial charge in [0.15, 0.2) is 0 Å². The van der Waals surface area contributed by atoms with Gasteiger partial charge in [-0.25, -0.2) is 10.3 Å². The largest absolute Gasteiger partial charge is 0.379 e. The van der Waals surface area contributed by atoms with Gasteiger partial charge in [-0.05, 0) is 27.2 Å². The minimum Gasteiger partial charge on any atom is -0.379 e. The molecule has 5 nitrogen and oxygen atoms in total. The van der Waals surface area contributed by atoms with E-state index < -0.39 is 0 Å². The van der Waals surface area contributed by atoms with E-state index in [0.29, 0.717) is 13.2 Å². The maximum atomic E-state index is 11.2. The van der Waals surface area contributed by atoms with Crippen molar-refractivity contribution in [3.8, 4) is 0 Å². The van der Waals surface area contributed by atoms with E-state index in [1.165, 1.54) is 0 Å². The molecule has 1 fully saturated rings. The van der Waals surface area contributed by atoms with Crippen LogP contribution >= 0.6 is 0 Å². The van der Waals surface area contributed by atoms with E-state index in [1.54, 1.807) is 0 Å². The normalized spacial score (nSPS) is 22.1. The number of ether oxygens (including phenoxy) is 1. The van der Waals surface area contributed by atoms with Crippen molar-refractivity contribution in [2.75, 3.05) is 13.2 Å². The fraction of sp³-hybridized carbons (Fsp3) is 0.889. The van der Waals surface area contributed by atoms with Crippen LogP contribution in [0.4, 0.5) is 4.79 Å². The highest BCUT2D eigenvalue weighted by atomic mass is 16.7. The zero-order chi connectivity index (χ0) is 10.6. The van der Waals surface area contributed by atoms with E-state index in [2.05, 4.69) is 10.8 Å². The summed E-state index contributed by atoms with van der Waals surface area (Å²) in [5, 5.41) is 2.75. The topological polar surface area (TPSA) is 59.6 Å². The highest BCUT2D eigenvalue weighted by molar-refractivity contribution is 5.73. The van der Waals surface area contributed by atoms with Crippen LogP contribution in [0.15, 0.2) is 0 Å². The van der Waals surface area contributed by atoms with Gasteiger partial charge in [0.1, 0.15) is 0 Å². The third-order valence-corrected chi connectivity index (χ3v) is 1.71. The number of hydrogen-bond acceptors (Lipinski definition) is 3. The first-order valence-electron chi connectivity index (χ1n) is 4.79. The van der Waals surface area contributed by atoms with Gasteiger partial charge in [-0.15, -0.1) is 0 Å². The van der Waals surface area contributed by atoms with Crippen LogP contribution in [0.2, 0.25) is 0 Å².